The Hall–Kier alpha value is -1.95. The molecule has 1 aliphatic rings. The third-order valence-corrected chi connectivity index (χ3v) is 4.37. The lowest BCUT2D eigenvalue weighted by atomic mass is 10.2. The van der Waals surface area contributed by atoms with Crippen LogP contribution >= 0.6 is 15.9 Å². The van der Waals surface area contributed by atoms with Crippen LogP contribution in [0.2, 0.25) is 0 Å². The predicted molar refractivity (Wildman–Crippen MR) is 85.3 cm³/mol. The normalized spacial score (nSPS) is 18.5. The number of hydrogen-bond donors (Lipinski definition) is 0. The maximum absolute atomic E-state index is 4.40. The van der Waals surface area contributed by atoms with Crippen molar-refractivity contribution in [1.82, 2.24) is 20.0 Å². The first-order valence-electron chi connectivity index (χ1n) is 6.96. The molecule has 1 aliphatic heterocycles. The van der Waals surface area contributed by atoms with Crippen LogP contribution in [0.3, 0.4) is 0 Å². The smallest absolute Gasteiger partial charge is 0.159 e. The topological polar surface area (TPSA) is 46.8 Å². The first-order chi connectivity index (χ1) is 10.3. The van der Waals surface area contributed by atoms with Crippen molar-refractivity contribution in [2.45, 2.75) is 12.5 Å². The Balaban J connectivity index is 1.65. The molecule has 1 unspecified atom stereocenters. The maximum Gasteiger partial charge on any atom is 0.159 e. The fourth-order valence-corrected chi connectivity index (χ4v) is 3.21. The monoisotopic (exact) mass is 343 g/mol. The molecule has 1 fully saturated rings. The van der Waals surface area contributed by atoms with Gasteiger partial charge in [0.1, 0.15) is 0 Å². The molecule has 0 N–H and O–H groups in total. The van der Waals surface area contributed by atoms with E-state index in [2.05, 4.69) is 48.3 Å². The molecule has 3 aromatic rings. The van der Waals surface area contributed by atoms with E-state index in [9.17, 15) is 0 Å². The van der Waals surface area contributed by atoms with Gasteiger partial charge in [0.25, 0.3) is 0 Å². The van der Waals surface area contributed by atoms with Gasteiger partial charge < -0.3 is 4.90 Å². The van der Waals surface area contributed by atoms with Crippen LogP contribution in [-0.2, 0) is 0 Å². The molecule has 106 valence electrons. The second-order valence-corrected chi connectivity index (χ2v) is 6.20. The van der Waals surface area contributed by atoms with Crippen LogP contribution in [-0.4, -0.2) is 33.1 Å². The number of fused-ring (bicyclic) bond motifs is 1. The molecule has 0 spiro atoms. The lowest BCUT2D eigenvalue weighted by Gasteiger charge is -2.18. The van der Waals surface area contributed by atoms with Crippen LogP contribution in [0.4, 0.5) is 5.82 Å². The van der Waals surface area contributed by atoms with E-state index >= 15 is 0 Å². The van der Waals surface area contributed by atoms with Crippen molar-refractivity contribution in [3.05, 3.63) is 47.3 Å². The number of benzene rings is 1. The van der Waals surface area contributed by atoms with Crippen molar-refractivity contribution in [2.75, 3.05) is 18.0 Å². The van der Waals surface area contributed by atoms with Crippen LogP contribution in [0.5, 0.6) is 0 Å². The molecular weight excluding hydrogens is 330 g/mol. The first-order valence-corrected chi connectivity index (χ1v) is 7.75. The molecule has 5 nitrogen and oxygen atoms in total. The third kappa shape index (κ3) is 2.29. The SMILES string of the molecule is Brc1cnn(C2CCN(c3nncc4ccccc34)C2)c1. The fourth-order valence-electron chi connectivity index (χ4n) is 2.91. The highest BCUT2D eigenvalue weighted by atomic mass is 79.9. The van der Waals surface area contributed by atoms with E-state index in [-0.39, 0.29) is 0 Å². The lowest BCUT2D eigenvalue weighted by Crippen LogP contribution is -2.22. The molecule has 0 saturated carbocycles. The number of halogens is 1. The van der Waals surface area contributed by atoms with Crippen LogP contribution in [0.25, 0.3) is 10.8 Å². The summed E-state index contributed by atoms with van der Waals surface area (Å²) in [6.07, 6.45) is 6.75. The van der Waals surface area contributed by atoms with E-state index in [1.165, 1.54) is 0 Å². The van der Waals surface area contributed by atoms with Crippen molar-refractivity contribution in [3.8, 4) is 0 Å². The largest absolute Gasteiger partial charge is 0.352 e. The summed E-state index contributed by atoms with van der Waals surface area (Å²) < 4.78 is 3.05. The molecule has 1 saturated heterocycles. The molecule has 4 rings (SSSR count). The summed E-state index contributed by atoms with van der Waals surface area (Å²) in [6, 6.07) is 8.65. The second kappa shape index (κ2) is 5.11. The summed E-state index contributed by atoms with van der Waals surface area (Å²) in [5, 5.41) is 15.2. The maximum atomic E-state index is 4.40. The highest BCUT2D eigenvalue weighted by Crippen LogP contribution is 2.30. The summed E-state index contributed by atoms with van der Waals surface area (Å²) >= 11 is 3.45. The van der Waals surface area contributed by atoms with Gasteiger partial charge >= 0.3 is 0 Å². The Morgan fingerprint density at radius 2 is 2.10 bits per heavy atom. The molecule has 3 heterocycles. The van der Waals surface area contributed by atoms with Crippen LogP contribution < -0.4 is 4.90 Å². The molecule has 6 heteroatoms. The lowest BCUT2D eigenvalue weighted by molar-refractivity contribution is 0.494. The summed E-state index contributed by atoms with van der Waals surface area (Å²) in [6.45, 7) is 1.89. The molecule has 1 atom stereocenters. The van der Waals surface area contributed by atoms with Gasteiger partial charge in [-0.05, 0) is 22.4 Å². The van der Waals surface area contributed by atoms with Crippen molar-refractivity contribution >= 4 is 32.5 Å². The van der Waals surface area contributed by atoms with Crippen molar-refractivity contribution < 1.29 is 0 Å². The van der Waals surface area contributed by atoms with Gasteiger partial charge in [-0.1, -0.05) is 24.3 Å². The Kier molecular flexibility index (Phi) is 3.11. The van der Waals surface area contributed by atoms with E-state index < -0.39 is 0 Å². The van der Waals surface area contributed by atoms with Gasteiger partial charge in [-0.2, -0.15) is 10.2 Å². The number of nitrogens with zero attached hydrogens (tertiary/aromatic N) is 5. The van der Waals surface area contributed by atoms with Crippen LogP contribution in [0.15, 0.2) is 47.3 Å². The van der Waals surface area contributed by atoms with E-state index in [1.807, 2.05) is 35.4 Å². The standard InChI is InChI=1S/C15H14BrN5/c16-12-8-18-21(9-12)13-5-6-20(10-13)15-14-4-2-1-3-11(14)7-17-19-15/h1-4,7-9,13H,5-6,10H2. The van der Waals surface area contributed by atoms with Gasteiger partial charge in [-0.3, -0.25) is 4.68 Å². The highest BCUT2D eigenvalue weighted by molar-refractivity contribution is 9.10. The molecule has 0 amide bonds. The highest BCUT2D eigenvalue weighted by Gasteiger charge is 2.26. The Bertz CT molecular complexity index is 779. The average Bonchev–Trinajstić information content (AvgIpc) is 3.15. The number of anilines is 1. The minimum atomic E-state index is 0.386. The summed E-state index contributed by atoms with van der Waals surface area (Å²) in [5.74, 6) is 0.974. The van der Waals surface area contributed by atoms with E-state index in [0.29, 0.717) is 6.04 Å². The van der Waals surface area contributed by atoms with Gasteiger partial charge in [0.2, 0.25) is 0 Å². The van der Waals surface area contributed by atoms with Crippen molar-refractivity contribution in [1.29, 1.82) is 0 Å². The molecule has 2 aromatic heterocycles. The van der Waals surface area contributed by atoms with Gasteiger partial charge in [-0.25, -0.2) is 0 Å². The second-order valence-electron chi connectivity index (χ2n) is 5.28. The van der Waals surface area contributed by atoms with Crippen LogP contribution in [0.1, 0.15) is 12.5 Å². The summed E-state index contributed by atoms with van der Waals surface area (Å²) in [4.78, 5) is 2.30. The fraction of sp³-hybridized carbons (Fsp3) is 0.267. The quantitative estimate of drug-likeness (QED) is 0.717. The van der Waals surface area contributed by atoms with E-state index in [4.69, 9.17) is 0 Å². The predicted octanol–water partition coefficient (Wildman–Crippen LogP) is 3.04. The van der Waals surface area contributed by atoms with E-state index in [0.717, 1.165) is 40.6 Å². The van der Waals surface area contributed by atoms with E-state index in [1.54, 1.807) is 0 Å². The third-order valence-electron chi connectivity index (χ3n) is 3.96. The van der Waals surface area contributed by atoms with Crippen LogP contribution in [0, 0.1) is 0 Å². The molecule has 21 heavy (non-hydrogen) atoms. The van der Waals surface area contributed by atoms with Crippen molar-refractivity contribution in [3.63, 3.8) is 0 Å². The Morgan fingerprint density at radius 1 is 1.19 bits per heavy atom. The zero-order chi connectivity index (χ0) is 14.2. The summed E-state index contributed by atoms with van der Waals surface area (Å²) in [5.41, 5.74) is 0. The Labute approximate surface area is 130 Å². The number of rotatable bonds is 2. The number of hydrogen-bond acceptors (Lipinski definition) is 4. The Morgan fingerprint density at radius 3 is 2.95 bits per heavy atom. The first kappa shape index (κ1) is 12.8. The van der Waals surface area contributed by atoms with Gasteiger partial charge in [0, 0.05) is 30.1 Å². The van der Waals surface area contributed by atoms with Gasteiger partial charge in [0.15, 0.2) is 5.82 Å². The van der Waals surface area contributed by atoms with Crippen molar-refractivity contribution in [2.24, 2.45) is 0 Å². The molecule has 0 bridgehead atoms. The average molecular weight is 344 g/mol. The minimum absolute atomic E-state index is 0.386. The zero-order valence-corrected chi connectivity index (χ0v) is 12.9. The molecular formula is C15H14BrN5. The zero-order valence-electron chi connectivity index (χ0n) is 11.4. The molecule has 1 aromatic carbocycles. The molecule has 0 radical (unpaired) electrons. The molecule has 0 aliphatic carbocycles. The van der Waals surface area contributed by atoms with Gasteiger partial charge in [-0.15, -0.1) is 5.10 Å². The minimum Gasteiger partial charge on any atom is -0.352 e. The van der Waals surface area contributed by atoms with Gasteiger partial charge in [0.05, 0.1) is 22.9 Å². The number of aromatic nitrogens is 4. The summed E-state index contributed by atoms with van der Waals surface area (Å²) in [7, 11) is 0.